The van der Waals surface area contributed by atoms with Crippen LogP contribution in [0.5, 0.6) is 0 Å². The SMILES string of the molecule is Cc1cnc(C(C)NC(=O)NC(C(=O)O)C2CC2)o1. The van der Waals surface area contributed by atoms with E-state index in [1.165, 1.54) is 0 Å². The molecule has 1 fully saturated rings. The molecule has 7 nitrogen and oxygen atoms in total. The number of rotatable bonds is 5. The average Bonchev–Trinajstić information content (AvgIpc) is 3.07. The van der Waals surface area contributed by atoms with Crippen LogP contribution in [0.25, 0.3) is 0 Å². The predicted octanol–water partition coefficient (Wildman–Crippen LogP) is 1.21. The van der Waals surface area contributed by atoms with Crippen LogP contribution in [0.15, 0.2) is 10.6 Å². The highest BCUT2D eigenvalue weighted by Crippen LogP contribution is 2.32. The fourth-order valence-corrected chi connectivity index (χ4v) is 1.82. The van der Waals surface area contributed by atoms with Gasteiger partial charge in [0, 0.05) is 0 Å². The first-order valence-electron chi connectivity index (χ1n) is 6.19. The number of carboxylic acids is 1. The standard InChI is InChI=1S/C12H17N3O4/c1-6-5-13-10(19-6)7(2)14-12(18)15-9(11(16)17)8-3-4-8/h5,7-9H,3-4H2,1-2H3,(H,16,17)(H2,14,15,18). The van der Waals surface area contributed by atoms with Crippen LogP contribution in [0.4, 0.5) is 4.79 Å². The summed E-state index contributed by atoms with van der Waals surface area (Å²) in [6.45, 7) is 3.48. The Balaban J connectivity index is 1.88. The second kappa shape index (κ2) is 5.29. The van der Waals surface area contributed by atoms with Crippen molar-refractivity contribution in [3.63, 3.8) is 0 Å². The van der Waals surface area contributed by atoms with E-state index < -0.39 is 24.1 Å². The summed E-state index contributed by atoms with van der Waals surface area (Å²) in [7, 11) is 0. The van der Waals surface area contributed by atoms with Crippen molar-refractivity contribution in [3.05, 3.63) is 17.8 Å². The van der Waals surface area contributed by atoms with Crippen LogP contribution in [0, 0.1) is 12.8 Å². The number of aryl methyl sites for hydroxylation is 1. The van der Waals surface area contributed by atoms with Gasteiger partial charge in [-0.2, -0.15) is 0 Å². The lowest BCUT2D eigenvalue weighted by molar-refractivity contribution is -0.139. The Labute approximate surface area is 110 Å². The summed E-state index contributed by atoms with van der Waals surface area (Å²) in [6.07, 6.45) is 3.24. The second-order valence-electron chi connectivity index (χ2n) is 4.80. The van der Waals surface area contributed by atoms with Crippen molar-refractivity contribution in [2.24, 2.45) is 5.92 Å². The zero-order chi connectivity index (χ0) is 14.0. The van der Waals surface area contributed by atoms with Gasteiger partial charge in [-0.25, -0.2) is 14.6 Å². The van der Waals surface area contributed by atoms with Crippen molar-refractivity contribution in [3.8, 4) is 0 Å². The van der Waals surface area contributed by atoms with Gasteiger partial charge in [-0.15, -0.1) is 0 Å². The van der Waals surface area contributed by atoms with Crippen molar-refractivity contribution in [1.29, 1.82) is 0 Å². The van der Waals surface area contributed by atoms with Gasteiger partial charge >= 0.3 is 12.0 Å². The number of carboxylic acid groups (broad SMARTS) is 1. The minimum Gasteiger partial charge on any atom is -0.480 e. The molecule has 19 heavy (non-hydrogen) atoms. The highest BCUT2D eigenvalue weighted by atomic mass is 16.4. The summed E-state index contributed by atoms with van der Waals surface area (Å²) in [5.41, 5.74) is 0. The number of aliphatic carboxylic acids is 1. The number of nitrogens with zero attached hydrogens (tertiary/aromatic N) is 1. The fourth-order valence-electron chi connectivity index (χ4n) is 1.82. The fraction of sp³-hybridized carbons (Fsp3) is 0.583. The summed E-state index contributed by atoms with van der Waals surface area (Å²) in [4.78, 5) is 26.7. The molecule has 0 aliphatic heterocycles. The number of aromatic nitrogens is 1. The number of hydrogen-bond donors (Lipinski definition) is 3. The van der Waals surface area contributed by atoms with E-state index in [0.717, 1.165) is 12.8 Å². The number of carbonyl (C=O) groups is 2. The molecule has 1 saturated carbocycles. The zero-order valence-corrected chi connectivity index (χ0v) is 10.8. The molecular weight excluding hydrogens is 250 g/mol. The first-order chi connectivity index (χ1) is 8.97. The third kappa shape index (κ3) is 3.46. The minimum atomic E-state index is -1.00. The average molecular weight is 267 g/mol. The van der Waals surface area contributed by atoms with Crippen LogP contribution < -0.4 is 10.6 Å². The lowest BCUT2D eigenvalue weighted by atomic mass is 10.2. The largest absolute Gasteiger partial charge is 0.480 e. The normalized spacial score (nSPS) is 17.6. The van der Waals surface area contributed by atoms with E-state index in [-0.39, 0.29) is 5.92 Å². The van der Waals surface area contributed by atoms with Crippen LogP contribution in [-0.2, 0) is 4.79 Å². The van der Waals surface area contributed by atoms with E-state index >= 15 is 0 Å². The molecule has 1 heterocycles. The smallest absolute Gasteiger partial charge is 0.326 e. The van der Waals surface area contributed by atoms with Gasteiger partial charge < -0.3 is 20.2 Å². The van der Waals surface area contributed by atoms with Crippen molar-refractivity contribution in [2.75, 3.05) is 0 Å². The maximum Gasteiger partial charge on any atom is 0.326 e. The minimum absolute atomic E-state index is 0.0440. The number of amides is 2. The van der Waals surface area contributed by atoms with Crippen molar-refractivity contribution in [2.45, 2.75) is 38.8 Å². The quantitative estimate of drug-likeness (QED) is 0.743. The van der Waals surface area contributed by atoms with Gasteiger partial charge in [0.15, 0.2) is 0 Å². The third-order valence-corrected chi connectivity index (χ3v) is 3.00. The summed E-state index contributed by atoms with van der Waals surface area (Å²) in [6, 6.07) is -1.76. The highest BCUT2D eigenvalue weighted by Gasteiger charge is 2.37. The van der Waals surface area contributed by atoms with Crippen molar-refractivity contribution in [1.82, 2.24) is 15.6 Å². The Morgan fingerprint density at radius 3 is 2.63 bits per heavy atom. The Hall–Kier alpha value is -2.05. The Kier molecular flexibility index (Phi) is 3.73. The molecular formula is C12H17N3O4. The Bertz CT molecular complexity index is 481. The molecule has 2 rings (SSSR count). The Morgan fingerprint density at radius 2 is 2.16 bits per heavy atom. The molecule has 1 aromatic heterocycles. The molecule has 0 bridgehead atoms. The molecule has 2 amide bonds. The topological polar surface area (TPSA) is 104 Å². The molecule has 2 atom stereocenters. The van der Waals surface area contributed by atoms with Gasteiger partial charge in [0.2, 0.25) is 5.89 Å². The monoisotopic (exact) mass is 267 g/mol. The van der Waals surface area contributed by atoms with Gasteiger partial charge in [-0.1, -0.05) is 0 Å². The van der Waals surface area contributed by atoms with Crippen LogP contribution in [0.3, 0.4) is 0 Å². The van der Waals surface area contributed by atoms with E-state index in [2.05, 4.69) is 15.6 Å². The summed E-state index contributed by atoms with van der Waals surface area (Å²) in [5, 5.41) is 14.1. The second-order valence-corrected chi connectivity index (χ2v) is 4.80. The van der Waals surface area contributed by atoms with Gasteiger partial charge in [0.1, 0.15) is 17.8 Å². The predicted molar refractivity (Wildman–Crippen MR) is 65.5 cm³/mol. The maximum atomic E-state index is 11.7. The van der Waals surface area contributed by atoms with Crippen LogP contribution in [0.1, 0.15) is 37.5 Å². The summed E-state index contributed by atoms with van der Waals surface area (Å²) in [5.74, 6) is 0.0937. The summed E-state index contributed by atoms with van der Waals surface area (Å²) < 4.78 is 5.29. The lowest BCUT2D eigenvalue weighted by Gasteiger charge is -2.16. The van der Waals surface area contributed by atoms with Gasteiger partial charge in [-0.3, -0.25) is 0 Å². The molecule has 2 unspecified atom stereocenters. The number of urea groups is 1. The van der Waals surface area contributed by atoms with E-state index in [1.54, 1.807) is 20.0 Å². The molecule has 3 N–H and O–H groups in total. The molecule has 0 saturated heterocycles. The zero-order valence-electron chi connectivity index (χ0n) is 10.8. The number of nitrogens with one attached hydrogen (secondary N) is 2. The lowest BCUT2D eigenvalue weighted by Crippen LogP contribution is -2.47. The van der Waals surface area contributed by atoms with E-state index in [0.29, 0.717) is 11.7 Å². The van der Waals surface area contributed by atoms with E-state index in [1.807, 2.05) is 0 Å². The maximum absolute atomic E-state index is 11.7. The molecule has 0 aromatic carbocycles. The molecule has 1 aliphatic carbocycles. The molecule has 1 aromatic rings. The number of carbonyl (C=O) groups excluding carboxylic acids is 1. The Morgan fingerprint density at radius 1 is 1.47 bits per heavy atom. The first-order valence-corrected chi connectivity index (χ1v) is 6.19. The summed E-state index contributed by atoms with van der Waals surface area (Å²) >= 11 is 0. The van der Waals surface area contributed by atoms with Gasteiger partial charge in [0.05, 0.1) is 6.20 Å². The molecule has 104 valence electrons. The molecule has 0 spiro atoms. The van der Waals surface area contributed by atoms with Crippen molar-refractivity contribution < 1.29 is 19.1 Å². The molecule has 1 aliphatic rings. The highest BCUT2D eigenvalue weighted by molar-refractivity contribution is 5.83. The van der Waals surface area contributed by atoms with Crippen LogP contribution in [0.2, 0.25) is 0 Å². The van der Waals surface area contributed by atoms with Crippen LogP contribution >= 0.6 is 0 Å². The van der Waals surface area contributed by atoms with Crippen molar-refractivity contribution >= 4 is 12.0 Å². The van der Waals surface area contributed by atoms with Gasteiger partial charge in [0.25, 0.3) is 0 Å². The van der Waals surface area contributed by atoms with E-state index in [9.17, 15) is 9.59 Å². The number of oxazole rings is 1. The van der Waals surface area contributed by atoms with E-state index in [4.69, 9.17) is 9.52 Å². The molecule has 7 heteroatoms. The number of hydrogen-bond acceptors (Lipinski definition) is 4. The van der Waals surface area contributed by atoms with Crippen LogP contribution in [-0.4, -0.2) is 28.1 Å². The van der Waals surface area contributed by atoms with Gasteiger partial charge in [-0.05, 0) is 32.6 Å². The first kappa shape index (κ1) is 13.4. The molecule has 0 radical (unpaired) electrons. The third-order valence-electron chi connectivity index (χ3n) is 3.00.